The summed E-state index contributed by atoms with van der Waals surface area (Å²) in [6, 6.07) is 0.843. The smallest absolute Gasteiger partial charge is 0.0945 e. The summed E-state index contributed by atoms with van der Waals surface area (Å²) in [6.07, 6.45) is 12.5. The molecule has 1 aliphatic rings. The summed E-state index contributed by atoms with van der Waals surface area (Å²) in [5.74, 6) is 0. The molecule has 0 N–H and O–H groups in total. The van der Waals surface area contributed by atoms with Crippen LogP contribution in [0.5, 0.6) is 0 Å². The molecule has 0 saturated carbocycles. The van der Waals surface area contributed by atoms with E-state index in [4.69, 9.17) is 0 Å². The zero-order chi connectivity index (χ0) is 11.9. The molecule has 1 aromatic rings. The standard InChI is InChI=1S/C13H22BrN3/c14-6-1-4-13-5-2-9-17(13)10-3-8-16-11-7-15-12-16/h7,11-13H,1-6,8-10H2. The Balaban J connectivity index is 1.67. The normalized spacial score (nSPS) is 21.1. The van der Waals surface area contributed by atoms with Crippen molar-refractivity contribution in [3.8, 4) is 0 Å². The molecule has 96 valence electrons. The van der Waals surface area contributed by atoms with E-state index in [9.17, 15) is 0 Å². The predicted molar refractivity (Wildman–Crippen MR) is 74.5 cm³/mol. The van der Waals surface area contributed by atoms with Crippen LogP contribution in [-0.2, 0) is 6.54 Å². The Hall–Kier alpha value is -0.350. The van der Waals surface area contributed by atoms with Crippen molar-refractivity contribution < 1.29 is 0 Å². The van der Waals surface area contributed by atoms with Crippen LogP contribution in [0.4, 0.5) is 0 Å². The Kier molecular flexibility index (Phi) is 5.52. The fourth-order valence-electron chi connectivity index (χ4n) is 2.70. The second kappa shape index (κ2) is 7.17. The monoisotopic (exact) mass is 299 g/mol. The Morgan fingerprint density at radius 1 is 1.29 bits per heavy atom. The number of aryl methyl sites for hydroxylation is 1. The van der Waals surface area contributed by atoms with Crippen LogP contribution >= 0.6 is 15.9 Å². The second-order valence-corrected chi connectivity index (χ2v) is 5.61. The average Bonchev–Trinajstić information content (AvgIpc) is 2.98. The maximum absolute atomic E-state index is 4.07. The number of hydrogen-bond acceptors (Lipinski definition) is 2. The third kappa shape index (κ3) is 4.11. The van der Waals surface area contributed by atoms with Crippen LogP contribution in [0.3, 0.4) is 0 Å². The minimum atomic E-state index is 0.843. The van der Waals surface area contributed by atoms with Gasteiger partial charge in [-0.1, -0.05) is 15.9 Å². The highest BCUT2D eigenvalue weighted by atomic mass is 79.9. The van der Waals surface area contributed by atoms with Gasteiger partial charge in [0.1, 0.15) is 0 Å². The topological polar surface area (TPSA) is 21.1 Å². The van der Waals surface area contributed by atoms with Gasteiger partial charge in [0.2, 0.25) is 0 Å². The Morgan fingerprint density at radius 3 is 3.00 bits per heavy atom. The van der Waals surface area contributed by atoms with E-state index < -0.39 is 0 Å². The van der Waals surface area contributed by atoms with Gasteiger partial charge in [-0.3, -0.25) is 0 Å². The molecule has 0 radical (unpaired) electrons. The first kappa shape index (κ1) is 13.1. The highest BCUT2D eigenvalue weighted by Crippen LogP contribution is 2.21. The molecule has 1 aliphatic heterocycles. The van der Waals surface area contributed by atoms with E-state index in [-0.39, 0.29) is 0 Å². The average molecular weight is 300 g/mol. The van der Waals surface area contributed by atoms with E-state index in [0.717, 1.165) is 17.9 Å². The lowest BCUT2D eigenvalue weighted by molar-refractivity contribution is 0.235. The summed E-state index contributed by atoms with van der Waals surface area (Å²) in [6.45, 7) is 3.64. The lowest BCUT2D eigenvalue weighted by atomic mass is 10.1. The number of hydrogen-bond donors (Lipinski definition) is 0. The van der Waals surface area contributed by atoms with Crippen molar-refractivity contribution in [1.29, 1.82) is 0 Å². The third-order valence-corrected chi connectivity index (χ3v) is 4.15. The molecule has 17 heavy (non-hydrogen) atoms. The van der Waals surface area contributed by atoms with Crippen LogP contribution in [0.2, 0.25) is 0 Å². The minimum Gasteiger partial charge on any atom is -0.337 e. The number of nitrogens with zero attached hydrogens (tertiary/aromatic N) is 3. The molecule has 1 saturated heterocycles. The van der Waals surface area contributed by atoms with Crippen LogP contribution < -0.4 is 0 Å². The summed E-state index contributed by atoms with van der Waals surface area (Å²) in [4.78, 5) is 6.75. The number of alkyl halides is 1. The summed E-state index contributed by atoms with van der Waals surface area (Å²) >= 11 is 3.53. The maximum atomic E-state index is 4.07. The fourth-order valence-corrected chi connectivity index (χ4v) is 3.03. The van der Waals surface area contributed by atoms with Gasteiger partial charge in [0.15, 0.2) is 0 Å². The summed E-state index contributed by atoms with van der Waals surface area (Å²) in [7, 11) is 0. The molecule has 0 bridgehead atoms. The van der Waals surface area contributed by atoms with Gasteiger partial charge in [0.05, 0.1) is 6.33 Å². The van der Waals surface area contributed by atoms with Crippen LogP contribution in [0.15, 0.2) is 18.7 Å². The molecule has 4 heteroatoms. The second-order valence-electron chi connectivity index (χ2n) is 4.82. The Labute approximate surface area is 112 Å². The largest absolute Gasteiger partial charge is 0.337 e. The first-order chi connectivity index (χ1) is 8.40. The van der Waals surface area contributed by atoms with Gasteiger partial charge in [0, 0.05) is 36.9 Å². The van der Waals surface area contributed by atoms with Crippen molar-refractivity contribution in [2.24, 2.45) is 0 Å². The van der Waals surface area contributed by atoms with Gasteiger partial charge < -0.3 is 9.47 Å². The van der Waals surface area contributed by atoms with E-state index in [1.165, 1.54) is 45.2 Å². The molecule has 1 atom stereocenters. The quantitative estimate of drug-likeness (QED) is 0.722. The number of halogens is 1. The van der Waals surface area contributed by atoms with Crippen LogP contribution in [-0.4, -0.2) is 38.9 Å². The zero-order valence-corrected chi connectivity index (χ0v) is 12.0. The molecule has 1 unspecified atom stereocenters. The van der Waals surface area contributed by atoms with E-state index in [1.54, 1.807) is 0 Å². The van der Waals surface area contributed by atoms with Crippen molar-refractivity contribution in [1.82, 2.24) is 14.5 Å². The molecule has 2 rings (SSSR count). The Bertz CT molecular complexity index is 300. The lowest BCUT2D eigenvalue weighted by Crippen LogP contribution is -2.30. The van der Waals surface area contributed by atoms with Gasteiger partial charge in [-0.2, -0.15) is 0 Å². The molecule has 1 aromatic heterocycles. The minimum absolute atomic E-state index is 0.843. The van der Waals surface area contributed by atoms with Crippen LogP contribution in [0.1, 0.15) is 32.1 Å². The number of imidazole rings is 1. The maximum Gasteiger partial charge on any atom is 0.0945 e. The molecule has 0 aliphatic carbocycles. The number of aromatic nitrogens is 2. The molecule has 3 nitrogen and oxygen atoms in total. The number of likely N-dealkylation sites (tertiary alicyclic amines) is 1. The van der Waals surface area contributed by atoms with E-state index in [1.807, 2.05) is 18.7 Å². The SMILES string of the molecule is BrCCCC1CCCN1CCCn1ccnc1. The summed E-state index contributed by atoms with van der Waals surface area (Å²) in [5.41, 5.74) is 0. The molecular weight excluding hydrogens is 278 g/mol. The van der Waals surface area contributed by atoms with Gasteiger partial charge in [0.25, 0.3) is 0 Å². The van der Waals surface area contributed by atoms with E-state index in [0.29, 0.717) is 0 Å². The van der Waals surface area contributed by atoms with Crippen molar-refractivity contribution in [3.63, 3.8) is 0 Å². The number of rotatable bonds is 7. The van der Waals surface area contributed by atoms with Gasteiger partial charge >= 0.3 is 0 Å². The summed E-state index contributed by atoms with van der Waals surface area (Å²) in [5, 5.41) is 1.15. The summed E-state index contributed by atoms with van der Waals surface area (Å²) < 4.78 is 2.17. The molecule has 2 heterocycles. The van der Waals surface area contributed by atoms with Gasteiger partial charge in [-0.25, -0.2) is 4.98 Å². The van der Waals surface area contributed by atoms with Gasteiger partial charge in [-0.05, 0) is 38.6 Å². The fraction of sp³-hybridized carbons (Fsp3) is 0.769. The van der Waals surface area contributed by atoms with Crippen LogP contribution in [0.25, 0.3) is 0 Å². The van der Waals surface area contributed by atoms with Crippen molar-refractivity contribution >= 4 is 15.9 Å². The molecule has 0 aromatic carbocycles. The first-order valence-corrected chi connectivity index (χ1v) is 7.78. The van der Waals surface area contributed by atoms with E-state index >= 15 is 0 Å². The highest BCUT2D eigenvalue weighted by molar-refractivity contribution is 9.09. The molecule has 1 fully saturated rings. The van der Waals surface area contributed by atoms with Crippen molar-refractivity contribution in [3.05, 3.63) is 18.7 Å². The molecular formula is C13H22BrN3. The van der Waals surface area contributed by atoms with E-state index in [2.05, 4.69) is 30.4 Å². The molecule has 0 spiro atoms. The third-order valence-electron chi connectivity index (χ3n) is 3.59. The van der Waals surface area contributed by atoms with Crippen molar-refractivity contribution in [2.45, 2.75) is 44.7 Å². The van der Waals surface area contributed by atoms with Gasteiger partial charge in [-0.15, -0.1) is 0 Å². The lowest BCUT2D eigenvalue weighted by Gasteiger charge is -2.24. The highest BCUT2D eigenvalue weighted by Gasteiger charge is 2.22. The first-order valence-electron chi connectivity index (χ1n) is 6.66. The Morgan fingerprint density at radius 2 is 2.24 bits per heavy atom. The zero-order valence-electron chi connectivity index (χ0n) is 10.4. The predicted octanol–water partition coefficient (Wildman–Crippen LogP) is 2.91. The van der Waals surface area contributed by atoms with Crippen molar-refractivity contribution in [2.75, 3.05) is 18.4 Å². The molecule has 0 amide bonds. The van der Waals surface area contributed by atoms with Crippen LogP contribution in [0, 0.1) is 0 Å².